The molecule has 0 fully saturated rings. The lowest BCUT2D eigenvalue weighted by Crippen LogP contribution is -2.27. The molecular weight excluding hydrogens is 342 g/mol. The van der Waals surface area contributed by atoms with Gasteiger partial charge in [-0.05, 0) is 58.0 Å². The molecule has 4 N–H and O–H groups in total. The lowest BCUT2D eigenvalue weighted by atomic mass is 9.95. The van der Waals surface area contributed by atoms with Gasteiger partial charge in [-0.2, -0.15) is 0 Å². The van der Waals surface area contributed by atoms with Crippen molar-refractivity contribution >= 4 is 22.6 Å². The summed E-state index contributed by atoms with van der Waals surface area (Å²) in [7, 11) is 0. The van der Waals surface area contributed by atoms with Gasteiger partial charge in [0.15, 0.2) is 0 Å². The van der Waals surface area contributed by atoms with Gasteiger partial charge in [0.25, 0.3) is 0 Å². The van der Waals surface area contributed by atoms with Crippen LogP contribution in [-0.2, 0) is 0 Å². The Morgan fingerprint density at radius 3 is 2.39 bits per heavy atom. The zero-order valence-electron chi connectivity index (χ0n) is 9.61. The van der Waals surface area contributed by atoms with Crippen LogP contribution in [0, 0.1) is 15.4 Å². The van der Waals surface area contributed by atoms with E-state index in [1.54, 1.807) is 12.1 Å². The minimum atomic E-state index is -0.427. The van der Waals surface area contributed by atoms with Crippen molar-refractivity contribution in [3.63, 3.8) is 0 Å². The summed E-state index contributed by atoms with van der Waals surface area (Å²) in [5, 5.41) is 0. The SMILES string of the molecule is N[C](c1cccc(F)c1)C(N)c1ccc(I)cc1. The fourth-order valence-electron chi connectivity index (χ4n) is 1.70. The number of nitrogens with two attached hydrogens (primary N) is 2. The van der Waals surface area contributed by atoms with Gasteiger partial charge in [0.1, 0.15) is 5.82 Å². The maximum absolute atomic E-state index is 13.1. The zero-order valence-corrected chi connectivity index (χ0v) is 11.8. The molecule has 4 heteroatoms. The van der Waals surface area contributed by atoms with Gasteiger partial charge in [-0.15, -0.1) is 0 Å². The number of benzene rings is 2. The highest BCUT2D eigenvalue weighted by Crippen LogP contribution is 2.24. The molecule has 0 bridgehead atoms. The summed E-state index contributed by atoms with van der Waals surface area (Å²) in [5.41, 5.74) is 13.6. The Kier molecular flexibility index (Phi) is 4.31. The van der Waals surface area contributed by atoms with Crippen LogP contribution in [0.1, 0.15) is 17.2 Å². The van der Waals surface area contributed by atoms with Crippen LogP contribution in [0.15, 0.2) is 48.5 Å². The summed E-state index contributed by atoms with van der Waals surface area (Å²) in [6.07, 6.45) is 0. The van der Waals surface area contributed by atoms with Gasteiger partial charge < -0.3 is 11.5 Å². The lowest BCUT2D eigenvalue weighted by Gasteiger charge is -2.19. The number of hydrogen-bond donors (Lipinski definition) is 2. The van der Waals surface area contributed by atoms with Crippen molar-refractivity contribution in [1.82, 2.24) is 0 Å². The standard InChI is InChI=1S/C14H13FIN2/c15-11-3-1-2-10(8-11)14(18)13(17)9-4-6-12(16)7-5-9/h1-8,13H,17-18H2. The third-order valence-electron chi connectivity index (χ3n) is 2.72. The Morgan fingerprint density at radius 1 is 1.11 bits per heavy atom. The summed E-state index contributed by atoms with van der Waals surface area (Å²) in [5.74, 6) is -0.315. The smallest absolute Gasteiger partial charge is 0.123 e. The fraction of sp³-hybridized carbons (Fsp3) is 0.0714. The van der Waals surface area contributed by atoms with E-state index in [1.165, 1.54) is 12.1 Å². The van der Waals surface area contributed by atoms with E-state index < -0.39 is 6.04 Å². The molecule has 0 saturated heterocycles. The minimum Gasteiger partial charge on any atom is -0.322 e. The van der Waals surface area contributed by atoms with Crippen molar-refractivity contribution in [2.75, 3.05) is 0 Å². The molecule has 93 valence electrons. The van der Waals surface area contributed by atoms with Crippen LogP contribution in [0.2, 0.25) is 0 Å². The van der Waals surface area contributed by atoms with E-state index in [0.717, 1.165) is 9.13 Å². The van der Waals surface area contributed by atoms with Crippen LogP contribution in [0.5, 0.6) is 0 Å². The Bertz CT molecular complexity index is 528. The number of hydrogen-bond acceptors (Lipinski definition) is 2. The Balaban J connectivity index is 2.23. The van der Waals surface area contributed by atoms with Crippen molar-refractivity contribution < 1.29 is 4.39 Å². The predicted octanol–water partition coefficient (Wildman–Crippen LogP) is 2.97. The van der Waals surface area contributed by atoms with E-state index in [9.17, 15) is 4.39 Å². The Labute approximate surface area is 119 Å². The molecule has 1 unspecified atom stereocenters. The van der Waals surface area contributed by atoms with Crippen LogP contribution >= 0.6 is 22.6 Å². The minimum absolute atomic E-state index is 0.315. The molecule has 2 aromatic rings. The van der Waals surface area contributed by atoms with E-state index in [1.807, 2.05) is 24.3 Å². The molecule has 0 aliphatic carbocycles. The molecule has 1 radical (unpaired) electrons. The van der Waals surface area contributed by atoms with Gasteiger partial charge in [0, 0.05) is 3.57 Å². The molecule has 18 heavy (non-hydrogen) atoms. The third-order valence-corrected chi connectivity index (χ3v) is 3.44. The quantitative estimate of drug-likeness (QED) is 0.832. The second-order valence-corrected chi connectivity index (χ2v) is 5.24. The first-order valence-corrected chi connectivity index (χ1v) is 6.55. The Hall–Kier alpha value is -0.980. The topological polar surface area (TPSA) is 52.0 Å². The number of rotatable bonds is 3. The first kappa shape index (κ1) is 13.5. The largest absolute Gasteiger partial charge is 0.322 e. The van der Waals surface area contributed by atoms with Crippen LogP contribution in [-0.4, -0.2) is 0 Å². The maximum Gasteiger partial charge on any atom is 0.123 e. The summed E-state index contributed by atoms with van der Waals surface area (Å²) >= 11 is 2.22. The first-order valence-electron chi connectivity index (χ1n) is 5.47. The fourth-order valence-corrected chi connectivity index (χ4v) is 2.06. The van der Waals surface area contributed by atoms with E-state index in [0.29, 0.717) is 11.6 Å². The molecular formula is C14H13FIN2. The molecule has 0 aliphatic heterocycles. The van der Waals surface area contributed by atoms with Crippen molar-refractivity contribution in [2.24, 2.45) is 11.5 Å². The molecule has 2 nitrogen and oxygen atoms in total. The van der Waals surface area contributed by atoms with Gasteiger partial charge in [-0.3, -0.25) is 0 Å². The van der Waals surface area contributed by atoms with E-state index in [-0.39, 0.29) is 5.82 Å². The average Bonchev–Trinajstić information content (AvgIpc) is 2.38. The zero-order chi connectivity index (χ0) is 13.1. The van der Waals surface area contributed by atoms with Crippen molar-refractivity contribution in [2.45, 2.75) is 6.04 Å². The molecule has 1 atom stereocenters. The van der Waals surface area contributed by atoms with Crippen LogP contribution < -0.4 is 11.5 Å². The van der Waals surface area contributed by atoms with Crippen molar-refractivity contribution in [3.05, 3.63) is 75.1 Å². The predicted molar refractivity (Wildman–Crippen MR) is 79.0 cm³/mol. The highest BCUT2D eigenvalue weighted by Gasteiger charge is 2.18. The molecule has 2 aromatic carbocycles. The first-order chi connectivity index (χ1) is 8.58. The van der Waals surface area contributed by atoms with Gasteiger partial charge in [-0.25, -0.2) is 4.39 Å². The second-order valence-electron chi connectivity index (χ2n) is 3.99. The second kappa shape index (κ2) is 5.77. The Morgan fingerprint density at radius 2 is 1.78 bits per heavy atom. The molecule has 0 amide bonds. The summed E-state index contributed by atoms with van der Waals surface area (Å²) in [4.78, 5) is 0. The van der Waals surface area contributed by atoms with Gasteiger partial charge in [0.2, 0.25) is 0 Å². The highest BCUT2D eigenvalue weighted by molar-refractivity contribution is 14.1. The van der Waals surface area contributed by atoms with Crippen LogP contribution in [0.3, 0.4) is 0 Å². The average molecular weight is 355 g/mol. The van der Waals surface area contributed by atoms with Gasteiger partial charge in [-0.1, -0.05) is 24.3 Å². The molecule has 0 spiro atoms. The van der Waals surface area contributed by atoms with Crippen molar-refractivity contribution in [3.8, 4) is 0 Å². The summed E-state index contributed by atoms with van der Waals surface area (Å²) in [6.45, 7) is 0. The van der Waals surface area contributed by atoms with Crippen LogP contribution in [0.25, 0.3) is 0 Å². The number of halogens is 2. The summed E-state index contributed by atoms with van der Waals surface area (Å²) in [6, 6.07) is 14.0. The molecule has 0 saturated carbocycles. The molecule has 2 rings (SSSR count). The lowest BCUT2D eigenvalue weighted by molar-refractivity contribution is 0.623. The van der Waals surface area contributed by atoms with Crippen molar-refractivity contribution in [1.29, 1.82) is 0 Å². The van der Waals surface area contributed by atoms with E-state index >= 15 is 0 Å². The third kappa shape index (κ3) is 3.07. The van der Waals surface area contributed by atoms with E-state index in [2.05, 4.69) is 22.6 Å². The highest BCUT2D eigenvalue weighted by atomic mass is 127. The molecule has 0 aromatic heterocycles. The molecule has 0 heterocycles. The monoisotopic (exact) mass is 355 g/mol. The van der Waals surface area contributed by atoms with E-state index in [4.69, 9.17) is 11.5 Å². The maximum atomic E-state index is 13.1. The van der Waals surface area contributed by atoms with Crippen LogP contribution in [0.4, 0.5) is 4.39 Å². The molecule has 0 aliphatic rings. The van der Waals surface area contributed by atoms with Gasteiger partial charge in [0.05, 0.1) is 12.1 Å². The normalized spacial score (nSPS) is 12.7. The summed E-state index contributed by atoms with van der Waals surface area (Å²) < 4.78 is 14.3. The van der Waals surface area contributed by atoms with Gasteiger partial charge >= 0.3 is 0 Å².